The maximum Gasteiger partial charge on any atom is 0.260 e. The Morgan fingerprint density at radius 1 is 0.969 bits per heavy atom. The number of benzene rings is 2. The number of ether oxygens (including phenoxy) is 2. The number of carbonyl (C=O) groups excluding carboxylic acids is 2. The highest BCUT2D eigenvalue weighted by Gasteiger charge is 2.24. The Bertz CT molecular complexity index is 903. The Labute approximate surface area is 190 Å². The van der Waals surface area contributed by atoms with Crippen LogP contribution >= 0.6 is 0 Å². The van der Waals surface area contributed by atoms with Gasteiger partial charge in [-0.15, -0.1) is 0 Å². The first-order chi connectivity index (χ1) is 15.4. The van der Waals surface area contributed by atoms with Crippen LogP contribution < -0.4 is 14.8 Å². The molecule has 2 aromatic carbocycles. The van der Waals surface area contributed by atoms with Gasteiger partial charge < -0.3 is 19.7 Å². The maximum atomic E-state index is 12.5. The van der Waals surface area contributed by atoms with Gasteiger partial charge in [0.05, 0.1) is 6.61 Å². The summed E-state index contributed by atoms with van der Waals surface area (Å²) in [5, 5.41) is 3.09. The molecule has 2 amide bonds. The number of rotatable bonds is 9. The van der Waals surface area contributed by atoms with E-state index >= 15 is 0 Å². The van der Waals surface area contributed by atoms with Crippen molar-refractivity contribution in [2.24, 2.45) is 0 Å². The highest BCUT2D eigenvalue weighted by atomic mass is 16.5. The third kappa shape index (κ3) is 7.29. The molecule has 0 atom stereocenters. The van der Waals surface area contributed by atoms with Gasteiger partial charge in [-0.2, -0.15) is 0 Å². The second-order valence-electron chi connectivity index (χ2n) is 8.55. The summed E-state index contributed by atoms with van der Waals surface area (Å²) in [6.07, 6.45) is 2.64. The fourth-order valence-electron chi connectivity index (χ4n) is 3.82. The van der Waals surface area contributed by atoms with Gasteiger partial charge in [0.15, 0.2) is 6.61 Å². The third-order valence-corrected chi connectivity index (χ3v) is 5.73. The van der Waals surface area contributed by atoms with Crippen LogP contribution in [0.5, 0.6) is 11.5 Å². The standard InChI is InChI=1S/C26H34N2O4/c1-19-6-9-23(10-7-19)31-16-4-5-25(29)27-22-12-14-28(15-13-22)26(30)18-32-24-11-8-20(2)17-21(24)3/h6-11,17,22H,4-5,12-16,18H2,1-3H3,(H,27,29). The van der Waals surface area contributed by atoms with Gasteiger partial charge in [-0.1, -0.05) is 35.4 Å². The van der Waals surface area contributed by atoms with Crippen LogP contribution in [0, 0.1) is 20.8 Å². The van der Waals surface area contributed by atoms with E-state index in [-0.39, 0.29) is 24.5 Å². The quantitative estimate of drug-likeness (QED) is 0.602. The molecule has 0 aromatic heterocycles. The van der Waals surface area contributed by atoms with Crippen molar-refractivity contribution < 1.29 is 19.1 Å². The predicted octanol–water partition coefficient (Wildman–Crippen LogP) is 3.96. The highest BCUT2D eigenvalue weighted by Crippen LogP contribution is 2.19. The van der Waals surface area contributed by atoms with Crippen molar-refractivity contribution in [3.05, 3.63) is 59.2 Å². The Balaban J connectivity index is 1.30. The molecule has 1 heterocycles. The lowest BCUT2D eigenvalue weighted by atomic mass is 10.0. The summed E-state index contributed by atoms with van der Waals surface area (Å²) in [6.45, 7) is 7.88. The van der Waals surface area contributed by atoms with E-state index in [9.17, 15) is 9.59 Å². The normalized spacial score (nSPS) is 14.2. The van der Waals surface area contributed by atoms with Crippen LogP contribution in [0.4, 0.5) is 0 Å². The molecule has 0 radical (unpaired) electrons. The first-order valence-corrected chi connectivity index (χ1v) is 11.4. The molecule has 172 valence electrons. The van der Waals surface area contributed by atoms with Crippen LogP contribution in [0.15, 0.2) is 42.5 Å². The Kier molecular flexibility index (Phi) is 8.54. The zero-order valence-corrected chi connectivity index (χ0v) is 19.4. The van der Waals surface area contributed by atoms with Gasteiger partial charge in [-0.05, 0) is 63.8 Å². The lowest BCUT2D eigenvalue weighted by Crippen LogP contribution is -2.47. The van der Waals surface area contributed by atoms with Gasteiger partial charge in [0, 0.05) is 25.6 Å². The molecule has 1 fully saturated rings. The summed E-state index contributed by atoms with van der Waals surface area (Å²) >= 11 is 0. The summed E-state index contributed by atoms with van der Waals surface area (Å²) in [6, 6.07) is 14.0. The van der Waals surface area contributed by atoms with Crippen molar-refractivity contribution in [2.75, 3.05) is 26.3 Å². The summed E-state index contributed by atoms with van der Waals surface area (Å²) in [5.74, 6) is 1.61. The molecule has 32 heavy (non-hydrogen) atoms. The number of piperidine rings is 1. The van der Waals surface area contributed by atoms with Crippen molar-refractivity contribution in [1.29, 1.82) is 0 Å². The number of nitrogens with zero attached hydrogens (tertiary/aromatic N) is 1. The summed E-state index contributed by atoms with van der Waals surface area (Å²) in [4.78, 5) is 26.5. The number of carbonyl (C=O) groups is 2. The van der Waals surface area contributed by atoms with Crippen molar-refractivity contribution in [3.63, 3.8) is 0 Å². The minimum absolute atomic E-state index is 0.0111. The lowest BCUT2D eigenvalue weighted by molar-refractivity contribution is -0.134. The molecule has 1 aliphatic heterocycles. The number of hydrogen-bond acceptors (Lipinski definition) is 4. The topological polar surface area (TPSA) is 67.9 Å². The van der Waals surface area contributed by atoms with Crippen LogP contribution in [0.1, 0.15) is 42.4 Å². The van der Waals surface area contributed by atoms with Crippen LogP contribution in [0.2, 0.25) is 0 Å². The zero-order chi connectivity index (χ0) is 22.9. The van der Waals surface area contributed by atoms with Gasteiger partial charge in [0.1, 0.15) is 11.5 Å². The van der Waals surface area contributed by atoms with Crippen LogP contribution in [0.25, 0.3) is 0 Å². The van der Waals surface area contributed by atoms with Crippen molar-refractivity contribution >= 4 is 11.8 Å². The van der Waals surface area contributed by atoms with Gasteiger partial charge in [0.25, 0.3) is 5.91 Å². The Hall–Kier alpha value is -3.02. The molecule has 0 spiro atoms. The average molecular weight is 439 g/mol. The molecule has 0 saturated carbocycles. The number of nitrogens with one attached hydrogen (secondary N) is 1. The lowest BCUT2D eigenvalue weighted by Gasteiger charge is -2.32. The minimum atomic E-state index is -0.0111. The number of hydrogen-bond donors (Lipinski definition) is 1. The van der Waals surface area contributed by atoms with Gasteiger partial charge in [0.2, 0.25) is 5.91 Å². The summed E-state index contributed by atoms with van der Waals surface area (Å²) < 4.78 is 11.4. The second kappa shape index (κ2) is 11.6. The van der Waals surface area contributed by atoms with E-state index in [2.05, 4.69) is 5.32 Å². The molecule has 1 aliphatic rings. The Morgan fingerprint density at radius 3 is 2.34 bits per heavy atom. The van der Waals surface area contributed by atoms with E-state index in [1.165, 1.54) is 11.1 Å². The molecule has 6 nitrogen and oxygen atoms in total. The van der Waals surface area contributed by atoms with Crippen molar-refractivity contribution in [1.82, 2.24) is 10.2 Å². The van der Waals surface area contributed by atoms with E-state index in [1.807, 2.05) is 68.1 Å². The molecule has 1 saturated heterocycles. The Morgan fingerprint density at radius 2 is 1.66 bits per heavy atom. The third-order valence-electron chi connectivity index (χ3n) is 5.73. The molecule has 0 unspecified atom stereocenters. The van der Waals surface area contributed by atoms with E-state index in [1.54, 1.807) is 0 Å². The van der Waals surface area contributed by atoms with Crippen LogP contribution in [-0.2, 0) is 9.59 Å². The van der Waals surface area contributed by atoms with E-state index in [0.29, 0.717) is 32.5 Å². The number of likely N-dealkylation sites (tertiary alicyclic amines) is 1. The van der Waals surface area contributed by atoms with E-state index in [0.717, 1.165) is 29.9 Å². The molecule has 6 heteroatoms. The molecule has 2 aromatic rings. The van der Waals surface area contributed by atoms with Gasteiger partial charge in [-0.25, -0.2) is 0 Å². The van der Waals surface area contributed by atoms with Crippen molar-refractivity contribution in [3.8, 4) is 11.5 Å². The van der Waals surface area contributed by atoms with Gasteiger partial charge in [-0.3, -0.25) is 9.59 Å². The highest BCUT2D eigenvalue weighted by molar-refractivity contribution is 5.78. The number of amides is 2. The fourth-order valence-corrected chi connectivity index (χ4v) is 3.82. The first kappa shape index (κ1) is 23.6. The smallest absolute Gasteiger partial charge is 0.260 e. The zero-order valence-electron chi connectivity index (χ0n) is 19.4. The van der Waals surface area contributed by atoms with E-state index in [4.69, 9.17) is 9.47 Å². The maximum absolute atomic E-state index is 12.5. The van der Waals surface area contributed by atoms with E-state index < -0.39 is 0 Å². The van der Waals surface area contributed by atoms with Crippen LogP contribution in [-0.4, -0.2) is 49.1 Å². The molecule has 0 bridgehead atoms. The predicted molar refractivity (Wildman–Crippen MR) is 125 cm³/mol. The first-order valence-electron chi connectivity index (χ1n) is 11.4. The molecule has 1 N–H and O–H groups in total. The molecule has 0 aliphatic carbocycles. The fraction of sp³-hybridized carbons (Fsp3) is 0.462. The average Bonchev–Trinajstić information content (AvgIpc) is 2.77. The molecular formula is C26H34N2O4. The van der Waals surface area contributed by atoms with Crippen molar-refractivity contribution in [2.45, 2.75) is 52.5 Å². The minimum Gasteiger partial charge on any atom is -0.494 e. The largest absolute Gasteiger partial charge is 0.494 e. The summed E-state index contributed by atoms with van der Waals surface area (Å²) in [5.41, 5.74) is 3.39. The number of aryl methyl sites for hydroxylation is 3. The summed E-state index contributed by atoms with van der Waals surface area (Å²) in [7, 11) is 0. The monoisotopic (exact) mass is 438 g/mol. The molecular weight excluding hydrogens is 404 g/mol. The van der Waals surface area contributed by atoms with Gasteiger partial charge >= 0.3 is 0 Å². The van der Waals surface area contributed by atoms with Crippen LogP contribution in [0.3, 0.4) is 0 Å². The second-order valence-corrected chi connectivity index (χ2v) is 8.55. The SMILES string of the molecule is Cc1ccc(OCCCC(=O)NC2CCN(C(=O)COc3ccc(C)cc3C)CC2)cc1. The molecule has 3 rings (SSSR count).